The molecule has 23 heavy (non-hydrogen) atoms. The van der Waals surface area contributed by atoms with Crippen molar-refractivity contribution in [1.29, 1.82) is 0 Å². The average molecular weight is 325 g/mol. The van der Waals surface area contributed by atoms with E-state index in [0.29, 0.717) is 4.90 Å². The Morgan fingerprint density at radius 3 is 2.26 bits per heavy atom. The van der Waals surface area contributed by atoms with Crippen molar-refractivity contribution >= 4 is 11.8 Å². The lowest BCUT2D eigenvalue weighted by Gasteiger charge is -2.43. The second-order valence-corrected chi connectivity index (χ2v) is 5.28. The Balaban J connectivity index is 2.34. The summed E-state index contributed by atoms with van der Waals surface area (Å²) in [5.74, 6) is -1.46. The third kappa shape index (κ3) is 3.41. The van der Waals surface area contributed by atoms with Crippen LogP contribution in [0.2, 0.25) is 0 Å². The Morgan fingerprint density at radius 2 is 1.74 bits per heavy atom. The van der Waals surface area contributed by atoms with Gasteiger partial charge in [0.2, 0.25) is 5.91 Å². The molecule has 0 radical (unpaired) electrons. The summed E-state index contributed by atoms with van der Waals surface area (Å²) < 4.78 is 5.00. The van der Waals surface area contributed by atoms with E-state index >= 15 is 0 Å². The van der Waals surface area contributed by atoms with Gasteiger partial charge in [-0.3, -0.25) is 14.5 Å². The van der Waals surface area contributed by atoms with Crippen LogP contribution in [0.5, 0.6) is 0 Å². The number of ether oxygens (including phenoxy) is 1. The van der Waals surface area contributed by atoms with Crippen LogP contribution in [0.3, 0.4) is 0 Å². The molecule has 0 saturated carbocycles. The third-order valence-corrected chi connectivity index (χ3v) is 3.74. The van der Waals surface area contributed by atoms with Crippen LogP contribution in [0.1, 0.15) is 17.3 Å². The highest BCUT2D eigenvalue weighted by Gasteiger charge is 2.49. The van der Waals surface area contributed by atoms with Crippen molar-refractivity contribution in [2.75, 3.05) is 6.61 Å². The molecule has 5 atom stereocenters. The van der Waals surface area contributed by atoms with Crippen molar-refractivity contribution < 1.29 is 34.8 Å². The number of imide groups is 1. The summed E-state index contributed by atoms with van der Waals surface area (Å²) in [7, 11) is 0. The summed E-state index contributed by atoms with van der Waals surface area (Å²) >= 11 is 0. The summed E-state index contributed by atoms with van der Waals surface area (Å²) in [6.07, 6.45) is -6.16. The van der Waals surface area contributed by atoms with E-state index in [4.69, 9.17) is 9.84 Å². The summed E-state index contributed by atoms with van der Waals surface area (Å²) in [5.41, 5.74) is 0.181. The van der Waals surface area contributed by atoms with E-state index in [1.54, 1.807) is 18.2 Å². The fourth-order valence-corrected chi connectivity index (χ4v) is 2.57. The number of hydrogen-bond donors (Lipinski definition) is 4. The average Bonchev–Trinajstić information content (AvgIpc) is 2.54. The molecule has 1 aromatic rings. The molecule has 1 fully saturated rings. The highest BCUT2D eigenvalue weighted by atomic mass is 16.6. The van der Waals surface area contributed by atoms with Gasteiger partial charge in [-0.1, -0.05) is 18.2 Å². The van der Waals surface area contributed by atoms with Crippen LogP contribution >= 0.6 is 0 Å². The monoisotopic (exact) mass is 325 g/mol. The number of carbonyl (C=O) groups is 2. The van der Waals surface area contributed by atoms with Crippen molar-refractivity contribution in [3.05, 3.63) is 35.9 Å². The van der Waals surface area contributed by atoms with Crippen LogP contribution in [-0.4, -0.2) is 74.4 Å². The molecule has 8 heteroatoms. The Labute approximate surface area is 132 Å². The van der Waals surface area contributed by atoms with Crippen LogP contribution in [0.4, 0.5) is 0 Å². The number of nitrogens with zero attached hydrogens (tertiary/aromatic N) is 1. The third-order valence-electron chi connectivity index (χ3n) is 3.74. The minimum Gasteiger partial charge on any atom is -0.394 e. The van der Waals surface area contributed by atoms with Gasteiger partial charge in [0.15, 0.2) is 6.29 Å². The van der Waals surface area contributed by atoms with E-state index in [9.17, 15) is 24.9 Å². The molecule has 4 N–H and O–H groups in total. The summed E-state index contributed by atoms with van der Waals surface area (Å²) in [6, 6.07) is 6.37. The molecule has 0 aliphatic carbocycles. The lowest BCUT2D eigenvalue weighted by Crippen LogP contribution is -2.66. The zero-order chi connectivity index (χ0) is 17.1. The first-order chi connectivity index (χ1) is 10.9. The maximum absolute atomic E-state index is 12.5. The smallest absolute Gasteiger partial charge is 0.260 e. The highest BCUT2D eigenvalue weighted by molar-refractivity contribution is 6.04. The SMILES string of the molecule is CC(=O)N(C(=O)c1ccccc1)C1C(O)OC(CO)C(O)C1O. The van der Waals surface area contributed by atoms with Gasteiger partial charge in [-0.25, -0.2) is 0 Å². The number of aliphatic hydroxyl groups is 4. The van der Waals surface area contributed by atoms with Crippen molar-refractivity contribution in [1.82, 2.24) is 4.90 Å². The summed E-state index contributed by atoms with van der Waals surface area (Å²) in [5, 5.41) is 39.2. The standard InChI is InChI=1S/C15H19NO7/c1-8(18)16(14(21)9-5-3-2-4-6-9)11-13(20)12(19)10(7-17)23-15(11)22/h2-6,10-13,15,17,19-20,22H,7H2,1H3. The summed E-state index contributed by atoms with van der Waals surface area (Å²) in [6.45, 7) is 0.472. The lowest BCUT2D eigenvalue weighted by atomic mass is 9.95. The maximum Gasteiger partial charge on any atom is 0.260 e. The Hall–Kier alpha value is -1.84. The number of carbonyl (C=O) groups excluding carboxylic acids is 2. The summed E-state index contributed by atoms with van der Waals surface area (Å²) in [4.78, 5) is 25.1. The minimum absolute atomic E-state index is 0.181. The normalized spacial score (nSPS) is 30.7. The molecule has 1 heterocycles. The van der Waals surface area contributed by atoms with Crippen LogP contribution in [0.15, 0.2) is 30.3 Å². The number of aliphatic hydroxyl groups excluding tert-OH is 4. The van der Waals surface area contributed by atoms with Crippen LogP contribution in [-0.2, 0) is 9.53 Å². The second kappa shape index (κ2) is 7.16. The van der Waals surface area contributed by atoms with E-state index in [2.05, 4.69) is 0 Å². The molecule has 1 aliphatic heterocycles. The van der Waals surface area contributed by atoms with E-state index in [1.807, 2.05) is 0 Å². The van der Waals surface area contributed by atoms with Crippen LogP contribution in [0.25, 0.3) is 0 Å². The van der Waals surface area contributed by atoms with Gasteiger partial charge in [-0.2, -0.15) is 0 Å². The number of rotatable bonds is 3. The Kier molecular flexibility index (Phi) is 5.45. The van der Waals surface area contributed by atoms with Gasteiger partial charge in [0.1, 0.15) is 24.4 Å². The Bertz CT molecular complexity index is 564. The molecule has 5 unspecified atom stereocenters. The molecule has 8 nitrogen and oxygen atoms in total. The predicted molar refractivity (Wildman–Crippen MR) is 77.1 cm³/mol. The number of benzene rings is 1. The molecule has 2 amide bonds. The van der Waals surface area contributed by atoms with E-state index < -0.39 is 49.1 Å². The molecule has 1 aliphatic rings. The van der Waals surface area contributed by atoms with Gasteiger partial charge in [0.05, 0.1) is 6.61 Å². The molecule has 0 bridgehead atoms. The first kappa shape index (κ1) is 17.5. The molecular weight excluding hydrogens is 306 g/mol. The molecule has 2 rings (SSSR count). The predicted octanol–water partition coefficient (Wildman–Crippen LogP) is -1.52. The fourth-order valence-electron chi connectivity index (χ4n) is 2.57. The van der Waals surface area contributed by atoms with Crippen LogP contribution in [0, 0.1) is 0 Å². The highest BCUT2D eigenvalue weighted by Crippen LogP contribution is 2.25. The van der Waals surface area contributed by atoms with Crippen LogP contribution < -0.4 is 0 Å². The molecule has 0 spiro atoms. The number of amides is 2. The van der Waals surface area contributed by atoms with Crippen molar-refractivity contribution in [3.8, 4) is 0 Å². The van der Waals surface area contributed by atoms with E-state index in [-0.39, 0.29) is 5.56 Å². The second-order valence-electron chi connectivity index (χ2n) is 5.28. The molecule has 126 valence electrons. The maximum atomic E-state index is 12.5. The fraction of sp³-hybridized carbons (Fsp3) is 0.467. The molecule has 1 aromatic carbocycles. The quantitative estimate of drug-likeness (QED) is 0.531. The first-order valence-corrected chi connectivity index (χ1v) is 7.08. The van der Waals surface area contributed by atoms with E-state index in [0.717, 1.165) is 6.92 Å². The molecule has 0 aromatic heterocycles. The van der Waals surface area contributed by atoms with Gasteiger partial charge in [-0.05, 0) is 12.1 Å². The van der Waals surface area contributed by atoms with Gasteiger partial charge in [-0.15, -0.1) is 0 Å². The first-order valence-electron chi connectivity index (χ1n) is 7.08. The van der Waals surface area contributed by atoms with Crippen molar-refractivity contribution in [2.45, 2.75) is 37.6 Å². The number of hydrogen-bond acceptors (Lipinski definition) is 7. The largest absolute Gasteiger partial charge is 0.394 e. The van der Waals surface area contributed by atoms with Gasteiger partial charge in [0, 0.05) is 12.5 Å². The Morgan fingerprint density at radius 1 is 1.13 bits per heavy atom. The van der Waals surface area contributed by atoms with Crippen molar-refractivity contribution in [2.24, 2.45) is 0 Å². The lowest BCUT2D eigenvalue weighted by molar-refractivity contribution is -0.266. The van der Waals surface area contributed by atoms with Gasteiger partial charge < -0.3 is 25.2 Å². The zero-order valence-electron chi connectivity index (χ0n) is 12.4. The molecule has 1 saturated heterocycles. The molecular formula is C15H19NO7. The van der Waals surface area contributed by atoms with E-state index in [1.165, 1.54) is 12.1 Å². The minimum atomic E-state index is -1.73. The van der Waals surface area contributed by atoms with Gasteiger partial charge in [0.25, 0.3) is 5.91 Å². The van der Waals surface area contributed by atoms with Gasteiger partial charge >= 0.3 is 0 Å². The zero-order valence-corrected chi connectivity index (χ0v) is 12.4. The van der Waals surface area contributed by atoms with Crippen molar-refractivity contribution in [3.63, 3.8) is 0 Å². The topological polar surface area (TPSA) is 128 Å².